The van der Waals surface area contributed by atoms with Crippen LogP contribution in [-0.2, 0) is 5.60 Å². The Bertz CT molecular complexity index is 1490. The standard InChI is InChI=1S/C26H27ClFN5O4/c1-13(2)37-22-17(26(4,35)25-31-14(3)21-23(29)30-10-11-33(21)25)12-18(27)20(28)19(22)24(34)32-15-6-8-16(36-5)9-7-15/h6-13,35H,1-5H3,(H2,29,30)(H,32,34). The van der Waals surface area contributed by atoms with Gasteiger partial charge in [-0.25, -0.2) is 14.4 Å². The summed E-state index contributed by atoms with van der Waals surface area (Å²) >= 11 is 6.26. The lowest BCUT2D eigenvalue weighted by Gasteiger charge is -2.28. The highest BCUT2D eigenvalue weighted by atomic mass is 35.5. The number of rotatable bonds is 7. The number of carbonyl (C=O) groups excluding carboxylic acids is 1. The number of nitrogens with one attached hydrogen (secondary N) is 1. The number of imidazole rings is 1. The molecule has 1 amide bonds. The maximum absolute atomic E-state index is 15.4. The number of fused-ring (bicyclic) bond motifs is 1. The molecule has 194 valence electrons. The number of nitrogens with zero attached hydrogens (tertiary/aromatic N) is 3. The molecular formula is C26H27ClFN5O4. The van der Waals surface area contributed by atoms with Crippen LogP contribution in [-0.4, -0.2) is 38.6 Å². The molecule has 0 saturated carbocycles. The van der Waals surface area contributed by atoms with Crippen LogP contribution in [0.4, 0.5) is 15.9 Å². The third kappa shape index (κ3) is 4.77. The van der Waals surface area contributed by atoms with Crippen LogP contribution in [0.15, 0.2) is 42.7 Å². The zero-order valence-corrected chi connectivity index (χ0v) is 21.7. The van der Waals surface area contributed by atoms with Gasteiger partial charge in [0.1, 0.15) is 39.8 Å². The van der Waals surface area contributed by atoms with Crippen molar-refractivity contribution in [1.29, 1.82) is 0 Å². The van der Waals surface area contributed by atoms with Crippen molar-refractivity contribution in [1.82, 2.24) is 14.4 Å². The molecule has 2 aromatic carbocycles. The minimum atomic E-state index is -1.89. The van der Waals surface area contributed by atoms with Crippen LogP contribution in [0.25, 0.3) is 5.52 Å². The number of hydrogen-bond acceptors (Lipinski definition) is 7. The van der Waals surface area contributed by atoms with E-state index in [4.69, 9.17) is 26.8 Å². The Morgan fingerprint density at radius 2 is 1.97 bits per heavy atom. The molecule has 0 fully saturated rings. The van der Waals surface area contributed by atoms with E-state index in [1.807, 2.05) is 0 Å². The van der Waals surface area contributed by atoms with Crippen LogP contribution in [0.3, 0.4) is 0 Å². The summed E-state index contributed by atoms with van der Waals surface area (Å²) in [6.07, 6.45) is 2.60. The number of ether oxygens (including phenoxy) is 2. The summed E-state index contributed by atoms with van der Waals surface area (Å²) in [6.45, 7) is 6.62. The van der Waals surface area contributed by atoms with E-state index in [1.165, 1.54) is 26.3 Å². The molecule has 0 aliphatic rings. The Balaban J connectivity index is 1.91. The molecule has 4 rings (SSSR count). The van der Waals surface area contributed by atoms with Gasteiger partial charge in [0.2, 0.25) is 0 Å². The maximum Gasteiger partial charge on any atom is 0.262 e. The molecule has 0 spiro atoms. The van der Waals surface area contributed by atoms with Gasteiger partial charge in [0.15, 0.2) is 5.82 Å². The summed E-state index contributed by atoms with van der Waals surface area (Å²) < 4.78 is 28.1. The highest BCUT2D eigenvalue weighted by molar-refractivity contribution is 6.31. The fraction of sp³-hybridized carbons (Fsp3) is 0.269. The minimum absolute atomic E-state index is 0.0507. The summed E-state index contributed by atoms with van der Waals surface area (Å²) in [5.41, 5.74) is 5.18. The van der Waals surface area contributed by atoms with Gasteiger partial charge in [-0.3, -0.25) is 9.20 Å². The number of amides is 1. The van der Waals surface area contributed by atoms with Crippen molar-refractivity contribution in [2.45, 2.75) is 39.4 Å². The molecule has 4 N–H and O–H groups in total. The number of halogens is 2. The molecule has 0 aliphatic carbocycles. The van der Waals surface area contributed by atoms with Crippen molar-refractivity contribution in [3.05, 3.63) is 76.2 Å². The van der Waals surface area contributed by atoms with Crippen LogP contribution in [0, 0.1) is 12.7 Å². The van der Waals surface area contributed by atoms with Gasteiger partial charge in [0, 0.05) is 23.6 Å². The second-order valence-corrected chi connectivity index (χ2v) is 9.30. The first kappa shape index (κ1) is 26.2. The maximum atomic E-state index is 15.4. The predicted octanol–water partition coefficient (Wildman–Crippen LogP) is 4.72. The lowest BCUT2D eigenvalue weighted by molar-refractivity contribution is 0.0847. The number of aryl methyl sites for hydroxylation is 1. The molecule has 0 saturated heterocycles. The molecular weight excluding hydrogens is 501 g/mol. The van der Waals surface area contributed by atoms with E-state index in [9.17, 15) is 9.90 Å². The molecule has 2 heterocycles. The number of nitrogens with two attached hydrogens (primary N) is 1. The summed E-state index contributed by atoms with van der Waals surface area (Å²) in [5.74, 6) is -0.982. The zero-order chi connectivity index (χ0) is 27.1. The van der Waals surface area contributed by atoms with Gasteiger partial charge >= 0.3 is 0 Å². The van der Waals surface area contributed by atoms with Gasteiger partial charge < -0.3 is 25.6 Å². The number of nitrogen functional groups attached to an aromatic ring is 1. The van der Waals surface area contributed by atoms with Crippen molar-refractivity contribution >= 4 is 34.5 Å². The Kier molecular flexibility index (Phi) is 6.98. The molecule has 37 heavy (non-hydrogen) atoms. The average Bonchev–Trinajstić information content (AvgIpc) is 3.20. The van der Waals surface area contributed by atoms with Crippen molar-refractivity contribution in [3.63, 3.8) is 0 Å². The molecule has 0 radical (unpaired) electrons. The lowest BCUT2D eigenvalue weighted by Crippen LogP contribution is -2.29. The molecule has 0 bridgehead atoms. The van der Waals surface area contributed by atoms with E-state index in [2.05, 4.69) is 15.3 Å². The normalized spacial score (nSPS) is 13.0. The lowest BCUT2D eigenvalue weighted by atomic mass is 9.91. The summed E-state index contributed by atoms with van der Waals surface area (Å²) in [6, 6.07) is 7.75. The first-order valence-corrected chi connectivity index (χ1v) is 11.8. The van der Waals surface area contributed by atoms with Crippen LogP contribution in [0.2, 0.25) is 5.02 Å². The van der Waals surface area contributed by atoms with Gasteiger partial charge in [0.25, 0.3) is 5.91 Å². The van der Waals surface area contributed by atoms with E-state index in [0.717, 1.165) is 0 Å². The van der Waals surface area contributed by atoms with Gasteiger partial charge in [-0.05, 0) is 58.0 Å². The van der Waals surface area contributed by atoms with Crippen LogP contribution in [0.5, 0.6) is 11.5 Å². The fourth-order valence-corrected chi connectivity index (χ4v) is 4.31. The highest BCUT2D eigenvalue weighted by Gasteiger charge is 2.38. The van der Waals surface area contributed by atoms with Crippen molar-refractivity contribution in [2.24, 2.45) is 0 Å². The van der Waals surface area contributed by atoms with Gasteiger partial charge in [-0.15, -0.1) is 0 Å². The molecule has 2 aromatic heterocycles. The number of methoxy groups -OCH3 is 1. The molecule has 1 atom stereocenters. The summed E-state index contributed by atoms with van der Waals surface area (Å²) in [4.78, 5) is 22.0. The largest absolute Gasteiger partial charge is 0.497 e. The number of carbonyl (C=O) groups is 1. The number of aliphatic hydroxyl groups is 1. The minimum Gasteiger partial charge on any atom is -0.497 e. The number of aromatic nitrogens is 3. The van der Waals surface area contributed by atoms with E-state index >= 15 is 4.39 Å². The Hall–Kier alpha value is -3.89. The Morgan fingerprint density at radius 3 is 2.59 bits per heavy atom. The third-order valence-electron chi connectivity index (χ3n) is 5.82. The molecule has 0 aliphatic heterocycles. The van der Waals surface area contributed by atoms with Crippen LogP contribution < -0.4 is 20.5 Å². The SMILES string of the molecule is COc1ccc(NC(=O)c2c(F)c(Cl)cc(C(C)(O)c3nc(C)c4c(N)nccn34)c2OC(C)C)cc1. The Labute approximate surface area is 218 Å². The molecule has 1 unspecified atom stereocenters. The second kappa shape index (κ2) is 9.87. The van der Waals surface area contributed by atoms with Crippen molar-refractivity contribution < 1.29 is 23.8 Å². The highest BCUT2D eigenvalue weighted by Crippen LogP contribution is 2.42. The average molecular weight is 528 g/mol. The summed E-state index contributed by atoms with van der Waals surface area (Å²) in [5, 5.41) is 14.2. The van der Waals surface area contributed by atoms with Crippen molar-refractivity contribution in [3.8, 4) is 11.5 Å². The molecule has 4 aromatic rings. The zero-order valence-electron chi connectivity index (χ0n) is 21.0. The van der Waals surface area contributed by atoms with Crippen LogP contribution >= 0.6 is 11.6 Å². The third-order valence-corrected chi connectivity index (χ3v) is 6.09. The first-order valence-electron chi connectivity index (χ1n) is 11.4. The number of benzene rings is 2. The van der Waals surface area contributed by atoms with Crippen LogP contribution in [0.1, 0.15) is 48.2 Å². The van der Waals surface area contributed by atoms with E-state index in [1.54, 1.807) is 55.6 Å². The topological polar surface area (TPSA) is 124 Å². The smallest absolute Gasteiger partial charge is 0.262 e. The second-order valence-electron chi connectivity index (χ2n) is 8.90. The van der Waals surface area contributed by atoms with Gasteiger partial charge in [0.05, 0.1) is 23.9 Å². The first-order chi connectivity index (χ1) is 17.4. The van der Waals surface area contributed by atoms with E-state index < -0.39 is 29.0 Å². The number of hydrogen-bond donors (Lipinski definition) is 3. The predicted molar refractivity (Wildman–Crippen MR) is 139 cm³/mol. The van der Waals surface area contributed by atoms with Gasteiger partial charge in [-0.1, -0.05) is 11.6 Å². The Morgan fingerprint density at radius 1 is 1.30 bits per heavy atom. The monoisotopic (exact) mass is 527 g/mol. The van der Waals surface area contributed by atoms with E-state index in [-0.39, 0.29) is 28.0 Å². The van der Waals surface area contributed by atoms with E-state index in [0.29, 0.717) is 22.6 Å². The van der Waals surface area contributed by atoms with Gasteiger partial charge in [-0.2, -0.15) is 0 Å². The molecule has 9 nitrogen and oxygen atoms in total. The quantitative estimate of drug-likeness (QED) is 0.318. The fourth-order valence-electron chi connectivity index (χ4n) is 4.10. The van der Waals surface area contributed by atoms with Crippen molar-refractivity contribution in [2.75, 3.05) is 18.2 Å². The molecule has 11 heteroatoms. The number of anilines is 2. The summed E-state index contributed by atoms with van der Waals surface area (Å²) in [7, 11) is 1.52.